The Morgan fingerprint density at radius 3 is 2.39 bits per heavy atom. The van der Waals surface area contributed by atoms with E-state index in [0.29, 0.717) is 0 Å². The average Bonchev–Trinajstić information content (AvgIpc) is 2.39. The molecule has 1 aromatic carbocycles. The maximum absolute atomic E-state index is 10.0. The van der Waals surface area contributed by atoms with Crippen LogP contribution in [0.15, 0.2) is 24.3 Å². The van der Waals surface area contributed by atoms with Crippen LogP contribution < -0.4 is 5.73 Å². The number of nitrogens with zero attached hydrogens (tertiary/aromatic N) is 1. The van der Waals surface area contributed by atoms with Crippen molar-refractivity contribution in [3.63, 3.8) is 0 Å². The van der Waals surface area contributed by atoms with Crippen molar-refractivity contribution in [1.29, 1.82) is 0 Å². The van der Waals surface area contributed by atoms with E-state index < -0.39 is 6.10 Å². The second kappa shape index (κ2) is 8.40. The predicted molar refractivity (Wildman–Crippen MR) is 80.9 cm³/mol. The molecule has 18 heavy (non-hydrogen) atoms. The quantitative estimate of drug-likeness (QED) is 0.561. The molecule has 0 saturated carbocycles. The first kappa shape index (κ1) is 15.3. The van der Waals surface area contributed by atoms with Crippen molar-refractivity contribution in [2.24, 2.45) is 0 Å². The maximum atomic E-state index is 10.0. The third-order valence-electron chi connectivity index (χ3n) is 3.04. The molecule has 0 aliphatic heterocycles. The van der Waals surface area contributed by atoms with E-state index in [0.717, 1.165) is 42.4 Å². The molecule has 1 aromatic rings. The number of hydrogen-bond donors (Lipinski definition) is 2. The van der Waals surface area contributed by atoms with Gasteiger partial charge in [-0.3, -0.25) is 0 Å². The van der Waals surface area contributed by atoms with Crippen LogP contribution in [0.1, 0.15) is 25.5 Å². The molecule has 4 heteroatoms. The number of nitrogen functional groups attached to an aromatic ring is 1. The molecule has 0 spiro atoms. The normalized spacial score (nSPS) is 12.9. The van der Waals surface area contributed by atoms with E-state index in [4.69, 9.17) is 5.73 Å². The molecular weight excluding hydrogens is 244 g/mol. The number of aliphatic hydroxyl groups is 1. The molecule has 3 N–H and O–H groups in total. The second-order valence-electron chi connectivity index (χ2n) is 4.28. The van der Waals surface area contributed by atoms with Gasteiger partial charge in [0.15, 0.2) is 0 Å². The van der Waals surface area contributed by atoms with Crippen LogP contribution in [-0.2, 0) is 0 Å². The van der Waals surface area contributed by atoms with Gasteiger partial charge in [0.1, 0.15) is 0 Å². The Bertz CT molecular complexity index is 325. The van der Waals surface area contributed by atoms with Gasteiger partial charge in [-0.2, -0.15) is 11.8 Å². The zero-order valence-electron chi connectivity index (χ0n) is 11.3. The summed E-state index contributed by atoms with van der Waals surface area (Å²) >= 11 is 1.80. The third-order valence-corrected chi connectivity index (χ3v) is 4.07. The SMILES string of the molecule is CCN(CC)CCSCC(O)c1ccc(N)cc1. The van der Waals surface area contributed by atoms with Gasteiger partial charge in [-0.15, -0.1) is 0 Å². The second-order valence-corrected chi connectivity index (χ2v) is 5.43. The van der Waals surface area contributed by atoms with Gasteiger partial charge in [-0.25, -0.2) is 0 Å². The van der Waals surface area contributed by atoms with Gasteiger partial charge in [-0.1, -0.05) is 26.0 Å². The van der Waals surface area contributed by atoms with Gasteiger partial charge >= 0.3 is 0 Å². The van der Waals surface area contributed by atoms with Crippen molar-refractivity contribution in [3.8, 4) is 0 Å². The lowest BCUT2D eigenvalue weighted by molar-refractivity contribution is 0.204. The average molecular weight is 268 g/mol. The molecule has 1 rings (SSSR count). The lowest BCUT2D eigenvalue weighted by atomic mass is 10.1. The Morgan fingerprint density at radius 2 is 1.83 bits per heavy atom. The first-order chi connectivity index (χ1) is 8.67. The van der Waals surface area contributed by atoms with Crippen LogP contribution in [0.25, 0.3) is 0 Å². The molecule has 0 fully saturated rings. The summed E-state index contributed by atoms with van der Waals surface area (Å²) in [6.07, 6.45) is -0.396. The van der Waals surface area contributed by atoms with Gasteiger partial charge in [0, 0.05) is 23.7 Å². The largest absolute Gasteiger partial charge is 0.399 e. The Balaban J connectivity index is 2.25. The molecule has 0 amide bonds. The summed E-state index contributed by atoms with van der Waals surface area (Å²) < 4.78 is 0. The molecule has 0 bridgehead atoms. The number of rotatable bonds is 8. The van der Waals surface area contributed by atoms with Gasteiger partial charge in [0.25, 0.3) is 0 Å². The van der Waals surface area contributed by atoms with Gasteiger partial charge in [0.2, 0.25) is 0 Å². The van der Waals surface area contributed by atoms with Gasteiger partial charge in [0.05, 0.1) is 6.10 Å². The minimum Gasteiger partial charge on any atom is -0.399 e. The fraction of sp³-hybridized carbons (Fsp3) is 0.571. The topological polar surface area (TPSA) is 49.5 Å². The smallest absolute Gasteiger partial charge is 0.0880 e. The first-order valence-corrected chi connectivity index (χ1v) is 7.66. The first-order valence-electron chi connectivity index (χ1n) is 6.51. The molecular formula is C14H24N2OS. The third kappa shape index (κ3) is 5.29. The van der Waals surface area contributed by atoms with Crippen LogP contribution in [0.5, 0.6) is 0 Å². The van der Waals surface area contributed by atoms with Crippen molar-refractivity contribution in [1.82, 2.24) is 4.90 Å². The molecule has 0 saturated heterocycles. The number of nitrogens with two attached hydrogens (primary N) is 1. The van der Waals surface area contributed by atoms with Crippen LogP contribution in [0.2, 0.25) is 0 Å². The number of hydrogen-bond acceptors (Lipinski definition) is 4. The standard InChI is InChI=1S/C14H24N2OS/c1-3-16(4-2)9-10-18-11-14(17)12-5-7-13(15)8-6-12/h5-8,14,17H,3-4,9-11,15H2,1-2H3. The van der Waals surface area contributed by atoms with E-state index in [1.54, 1.807) is 11.8 Å². The molecule has 0 radical (unpaired) electrons. The van der Waals surface area contributed by atoms with Crippen LogP contribution in [-0.4, -0.2) is 41.1 Å². The Hall–Kier alpha value is -0.710. The van der Waals surface area contributed by atoms with Gasteiger partial charge in [-0.05, 0) is 30.8 Å². The number of benzene rings is 1. The molecule has 3 nitrogen and oxygen atoms in total. The minimum absolute atomic E-state index is 0.396. The van der Waals surface area contributed by atoms with Crippen molar-refractivity contribution in [2.45, 2.75) is 20.0 Å². The summed E-state index contributed by atoms with van der Waals surface area (Å²) in [5.41, 5.74) is 7.30. The summed E-state index contributed by atoms with van der Waals surface area (Å²) in [5, 5.41) is 10.0. The lowest BCUT2D eigenvalue weighted by Gasteiger charge is -2.18. The molecule has 0 aliphatic rings. The number of aliphatic hydroxyl groups excluding tert-OH is 1. The van der Waals surface area contributed by atoms with E-state index in [2.05, 4.69) is 18.7 Å². The van der Waals surface area contributed by atoms with E-state index in [-0.39, 0.29) is 0 Å². The van der Waals surface area contributed by atoms with Crippen LogP contribution in [0, 0.1) is 0 Å². The number of anilines is 1. The summed E-state index contributed by atoms with van der Waals surface area (Å²) in [6, 6.07) is 7.45. The van der Waals surface area contributed by atoms with E-state index in [9.17, 15) is 5.11 Å². The Labute approximate surface area is 114 Å². The van der Waals surface area contributed by atoms with Crippen LogP contribution in [0.4, 0.5) is 5.69 Å². The Morgan fingerprint density at radius 1 is 1.22 bits per heavy atom. The van der Waals surface area contributed by atoms with Crippen LogP contribution in [0.3, 0.4) is 0 Å². The fourth-order valence-corrected chi connectivity index (χ4v) is 2.71. The zero-order valence-corrected chi connectivity index (χ0v) is 12.1. The lowest BCUT2D eigenvalue weighted by Crippen LogP contribution is -2.25. The highest BCUT2D eigenvalue weighted by molar-refractivity contribution is 7.99. The van der Waals surface area contributed by atoms with E-state index in [1.165, 1.54) is 0 Å². The molecule has 1 atom stereocenters. The predicted octanol–water partition coefficient (Wildman–Crippen LogP) is 2.38. The number of thioether (sulfide) groups is 1. The highest BCUT2D eigenvalue weighted by Gasteiger charge is 2.07. The summed E-state index contributed by atoms with van der Waals surface area (Å²) in [7, 11) is 0. The van der Waals surface area contributed by atoms with E-state index >= 15 is 0 Å². The van der Waals surface area contributed by atoms with Crippen molar-refractivity contribution >= 4 is 17.4 Å². The highest BCUT2D eigenvalue weighted by atomic mass is 32.2. The zero-order chi connectivity index (χ0) is 13.4. The molecule has 1 unspecified atom stereocenters. The van der Waals surface area contributed by atoms with E-state index in [1.807, 2.05) is 24.3 Å². The Kier molecular flexibility index (Phi) is 7.16. The fourth-order valence-electron chi connectivity index (χ4n) is 1.74. The highest BCUT2D eigenvalue weighted by Crippen LogP contribution is 2.19. The van der Waals surface area contributed by atoms with Crippen LogP contribution >= 0.6 is 11.8 Å². The molecule has 0 aliphatic carbocycles. The summed E-state index contributed by atoms with van der Waals surface area (Å²) in [4.78, 5) is 2.39. The summed E-state index contributed by atoms with van der Waals surface area (Å²) in [5.74, 6) is 1.80. The molecule has 0 aromatic heterocycles. The maximum Gasteiger partial charge on any atom is 0.0880 e. The van der Waals surface area contributed by atoms with Gasteiger partial charge < -0.3 is 15.7 Å². The van der Waals surface area contributed by atoms with Crippen molar-refractivity contribution < 1.29 is 5.11 Å². The summed E-state index contributed by atoms with van der Waals surface area (Å²) in [6.45, 7) is 7.63. The minimum atomic E-state index is -0.396. The monoisotopic (exact) mass is 268 g/mol. The van der Waals surface area contributed by atoms with Crippen molar-refractivity contribution in [2.75, 3.05) is 36.9 Å². The molecule has 0 heterocycles. The van der Waals surface area contributed by atoms with Crippen molar-refractivity contribution in [3.05, 3.63) is 29.8 Å². The molecule has 102 valence electrons.